The lowest BCUT2D eigenvalue weighted by Gasteiger charge is -2.33. The molecule has 2 amide bonds. The second kappa shape index (κ2) is 6.53. The minimum absolute atomic E-state index is 0.0211. The summed E-state index contributed by atoms with van der Waals surface area (Å²) < 4.78 is 13.4. The highest BCUT2D eigenvalue weighted by Crippen LogP contribution is 2.30. The number of nitrogens with zero attached hydrogens (tertiary/aromatic N) is 3. The van der Waals surface area contributed by atoms with Crippen LogP contribution in [-0.4, -0.2) is 32.2 Å². The van der Waals surface area contributed by atoms with E-state index in [0.717, 1.165) is 22.6 Å². The molecule has 0 saturated heterocycles. The fraction of sp³-hybridized carbons (Fsp3) is 0.278. The van der Waals surface area contributed by atoms with Gasteiger partial charge < -0.3 is 10.2 Å². The Morgan fingerprint density at radius 2 is 2.31 bits per heavy atom. The summed E-state index contributed by atoms with van der Waals surface area (Å²) in [6.07, 6.45) is 0.697. The number of nitrogens with one attached hydrogen (secondary N) is 2. The number of halogens is 1. The van der Waals surface area contributed by atoms with Crippen molar-refractivity contribution >= 4 is 23.1 Å². The van der Waals surface area contributed by atoms with Crippen molar-refractivity contribution in [1.82, 2.24) is 20.1 Å². The number of aryl methyl sites for hydroxylation is 1. The number of aromatic amines is 1. The van der Waals surface area contributed by atoms with E-state index >= 15 is 0 Å². The number of carbonyl (C=O) groups is 1. The van der Waals surface area contributed by atoms with Crippen molar-refractivity contribution < 1.29 is 9.18 Å². The molecule has 1 aliphatic heterocycles. The SMILES string of the molecule is Cc1cc(NC(=O)N2Cc3c(-c4cscn4)n[nH]c3C[C@@H]2C)ccc1F. The Kier molecular flexibility index (Phi) is 4.20. The van der Waals surface area contributed by atoms with Crippen LogP contribution in [0.15, 0.2) is 29.1 Å². The Morgan fingerprint density at radius 3 is 3.04 bits per heavy atom. The number of anilines is 1. The summed E-state index contributed by atoms with van der Waals surface area (Å²) in [4.78, 5) is 18.9. The summed E-state index contributed by atoms with van der Waals surface area (Å²) in [5.41, 5.74) is 6.50. The summed E-state index contributed by atoms with van der Waals surface area (Å²) in [6, 6.07) is 4.37. The quantitative estimate of drug-likeness (QED) is 0.716. The lowest BCUT2D eigenvalue weighted by Crippen LogP contribution is -2.44. The fourth-order valence-electron chi connectivity index (χ4n) is 3.20. The molecule has 0 bridgehead atoms. The van der Waals surface area contributed by atoms with Crippen LogP contribution in [0.2, 0.25) is 0 Å². The van der Waals surface area contributed by atoms with Gasteiger partial charge in [-0.05, 0) is 37.6 Å². The fourth-order valence-corrected chi connectivity index (χ4v) is 3.74. The van der Waals surface area contributed by atoms with Gasteiger partial charge in [0.25, 0.3) is 0 Å². The first kappa shape index (κ1) is 16.7. The number of carbonyl (C=O) groups excluding carboxylic acids is 1. The zero-order valence-electron chi connectivity index (χ0n) is 14.4. The highest BCUT2D eigenvalue weighted by Gasteiger charge is 2.31. The van der Waals surface area contributed by atoms with E-state index in [9.17, 15) is 9.18 Å². The van der Waals surface area contributed by atoms with E-state index < -0.39 is 0 Å². The number of thiazole rings is 1. The van der Waals surface area contributed by atoms with Crippen molar-refractivity contribution in [3.8, 4) is 11.4 Å². The lowest BCUT2D eigenvalue weighted by molar-refractivity contribution is 0.182. The van der Waals surface area contributed by atoms with Crippen molar-refractivity contribution in [2.75, 3.05) is 5.32 Å². The van der Waals surface area contributed by atoms with Crippen LogP contribution in [0, 0.1) is 12.7 Å². The average Bonchev–Trinajstić information content (AvgIpc) is 3.26. The monoisotopic (exact) mass is 371 g/mol. The van der Waals surface area contributed by atoms with Gasteiger partial charge in [-0.1, -0.05) is 0 Å². The average molecular weight is 371 g/mol. The van der Waals surface area contributed by atoms with Gasteiger partial charge in [0, 0.05) is 34.8 Å². The number of H-pyrrole nitrogens is 1. The molecule has 0 spiro atoms. The summed E-state index contributed by atoms with van der Waals surface area (Å²) >= 11 is 1.51. The summed E-state index contributed by atoms with van der Waals surface area (Å²) in [6.45, 7) is 4.13. The highest BCUT2D eigenvalue weighted by molar-refractivity contribution is 7.07. The van der Waals surface area contributed by atoms with Gasteiger partial charge in [-0.15, -0.1) is 11.3 Å². The maximum Gasteiger partial charge on any atom is 0.322 e. The highest BCUT2D eigenvalue weighted by atomic mass is 32.1. The number of amides is 2. The maximum absolute atomic E-state index is 13.4. The lowest BCUT2D eigenvalue weighted by atomic mass is 9.99. The van der Waals surface area contributed by atoms with Crippen molar-refractivity contribution in [2.45, 2.75) is 32.9 Å². The van der Waals surface area contributed by atoms with Gasteiger partial charge in [0.05, 0.1) is 12.1 Å². The molecule has 0 fully saturated rings. The molecule has 1 aliphatic rings. The van der Waals surface area contributed by atoms with Crippen LogP contribution in [0.25, 0.3) is 11.4 Å². The second-order valence-corrected chi connectivity index (χ2v) is 7.20. The summed E-state index contributed by atoms with van der Waals surface area (Å²) in [7, 11) is 0. The third-order valence-electron chi connectivity index (χ3n) is 4.66. The Labute approximate surface area is 154 Å². The predicted molar refractivity (Wildman–Crippen MR) is 98.6 cm³/mol. The van der Waals surface area contributed by atoms with Crippen LogP contribution in [0.1, 0.15) is 23.7 Å². The topological polar surface area (TPSA) is 73.9 Å². The van der Waals surface area contributed by atoms with E-state index in [0.29, 0.717) is 24.2 Å². The van der Waals surface area contributed by atoms with Gasteiger partial charge in [-0.3, -0.25) is 5.10 Å². The van der Waals surface area contributed by atoms with Gasteiger partial charge in [0.2, 0.25) is 0 Å². The molecule has 134 valence electrons. The van der Waals surface area contributed by atoms with Gasteiger partial charge in [-0.25, -0.2) is 14.2 Å². The van der Waals surface area contributed by atoms with E-state index in [-0.39, 0.29) is 17.9 Å². The third kappa shape index (κ3) is 2.96. The minimum Gasteiger partial charge on any atom is -0.317 e. The standard InChI is InChI=1S/C18H18FN5OS/c1-10-5-12(3-4-14(10)19)21-18(25)24-7-13-15(6-11(24)2)22-23-17(13)16-8-26-9-20-16/h3-5,8-9,11H,6-7H2,1-2H3,(H,21,25)(H,22,23)/t11-/m0/s1. The smallest absolute Gasteiger partial charge is 0.317 e. The summed E-state index contributed by atoms with van der Waals surface area (Å²) in [5.74, 6) is -0.287. The Hall–Kier alpha value is -2.74. The van der Waals surface area contributed by atoms with E-state index in [1.807, 2.05) is 12.3 Å². The summed E-state index contributed by atoms with van der Waals surface area (Å²) in [5, 5.41) is 12.3. The number of hydrogen-bond donors (Lipinski definition) is 2. The van der Waals surface area contributed by atoms with Crippen molar-refractivity contribution in [1.29, 1.82) is 0 Å². The molecule has 26 heavy (non-hydrogen) atoms. The molecule has 0 saturated carbocycles. The second-order valence-electron chi connectivity index (χ2n) is 6.48. The van der Waals surface area contributed by atoms with E-state index in [1.165, 1.54) is 17.4 Å². The van der Waals surface area contributed by atoms with E-state index in [2.05, 4.69) is 20.5 Å². The molecule has 1 aromatic carbocycles. The number of rotatable bonds is 2. The molecular weight excluding hydrogens is 353 g/mol. The van der Waals surface area contributed by atoms with Gasteiger partial charge in [0.1, 0.15) is 17.2 Å². The molecule has 2 aromatic heterocycles. The molecule has 1 atom stereocenters. The Balaban J connectivity index is 1.57. The van der Waals surface area contributed by atoms with Crippen LogP contribution in [-0.2, 0) is 13.0 Å². The van der Waals surface area contributed by atoms with Gasteiger partial charge in [-0.2, -0.15) is 5.10 Å². The Bertz CT molecular complexity index is 953. The van der Waals surface area contributed by atoms with Crippen LogP contribution in [0.5, 0.6) is 0 Å². The molecule has 8 heteroatoms. The third-order valence-corrected chi connectivity index (χ3v) is 5.24. The number of hydrogen-bond acceptors (Lipinski definition) is 4. The molecule has 4 rings (SSSR count). The Morgan fingerprint density at radius 1 is 1.46 bits per heavy atom. The molecule has 3 aromatic rings. The molecule has 2 N–H and O–H groups in total. The maximum atomic E-state index is 13.4. The zero-order valence-corrected chi connectivity index (χ0v) is 15.2. The number of urea groups is 1. The van der Waals surface area contributed by atoms with Crippen LogP contribution < -0.4 is 5.32 Å². The molecule has 0 aliphatic carbocycles. The van der Waals surface area contributed by atoms with Crippen LogP contribution in [0.4, 0.5) is 14.9 Å². The molecule has 6 nitrogen and oxygen atoms in total. The largest absolute Gasteiger partial charge is 0.322 e. The van der Waals surface area contributed by atoms with Crippen LogP contribution >= 0.6 is 11.3 Å². The number of benzene rings is 1. The van der Waals surface area contributed by atoms with Crippen molar-refractivity contribution in [3.63, 3.8) is 0 Å². The number of aromatic nitrogens is 3. The van der Waals surface area contributed by atoms with Crippen molar-refractivity contribution in [2.24, 2.45) is 0 Å². The zero-order chi connectivity index (χ0) is 18.3. The molecule has 0 radical (unpaired) electrons. The minimum atomic E-state index is -0.287. The first-order chi connectivity index (χ1) is 12.5. The predicted octanol–water partition coefficient (Wildman–Crippen LogP) is 3.96. The number of fused-ring (bicyclic) bond motifs is 1. The van der Waals surface area contributed by atoms with Crippen LogP contribution in [0.3, 0.4) is 0 Å². The molecule has 3 heterocycles. The normalized spacial score (nSPS) is 16.4. The van der Waals surface area contributed by atoms with E-state index in [4.69, 9.17) is 0 Å². The first-order valence-corrected chi connectivity index (χ1v) is 9.25. The van der Waals surface area contributed by atoms with Gasteiger partial charge in [0.15, 0.2) is 0 Å². The van der Waals surface area contributed by atoms with Crippen molar-refractivity contribution in [3.05, 3.63) is 51.7 Å². The van der Waals surface area contributed by atoms with Gasteiger partial charge >= 0.3 is 6.03 Å². The molecule has 0 unspecified atom stereocenters. The molecular formula is C18H18FN5OS. The van der Waals surface area contributed by atoms with E-state index in [1.54, 1.807) is 29.5 Å². The first-order valence-electron chi connectivity index (χ1n) is 8.31.